The van der Waals surface area contributed by atoms with Crippen molar-refractivity contribution in [2.24, 2.45) is 28.7 Å². The average Bonchev–Trinajstić information content (AvgIpc) is 3.64. The van der Waals surface area contributed by atoms with Gasteiger partial charge in [0.1, 0.15) is 6.04 Å². The number of rotatable bonds is 12. The molecule has 5 rings (SSSR count). The number of thiophene rings is 1. The first-order valence-corrected chi connectivity index (χ1v) is 20.3. The van der Waals surface area contributed by atoms with Crippen molar-refractivity contribution in [3.8, 4) is 0 Å². The maximum absolute atomic E-state index is 13.5. The number of likely N-dealkylation sites (tertiary alicyclic amines) is 1. The van der Waals surface area contributed by atoms with E-state index in [4.69, 9.17) is 4.99 Å². The maximum Gasteiger partial charge on any atom is 0.310 e. The lowest BCUT2D eigenvalue weighted by Crippen LogP contribution is -2.59. The summed E-state index contributed by atoms with van der Waals surface area (Å²) in [6.45, 7) is 19.2. The zero-order chi connectivity index (χ0) is 38.0. The summed E-state index contributed by atoms with van der Waals surface area (Å²) in [6.07, 6.45) is 17.2. The van der Waals surface area contributed by atoms with Crippen LogP contribution in [0, 0.1) is 23.7 Å². The zero-order valence-electron chi connectivity index (χ0n) is 32.5. The number of carboxylic acids is 1. The van der Waals surface area contributed by atoms with Gasteiger partial charge in [-0.2, -0.15) is 0 Å². The maximum atomic E-state index is 13.5. The number of carbonyl (C=O) groups excluding carboxylic acids is 2. The Morgan fingerprint density at radius 3 is 2.23 bits per heavy atom. The minimum absolute atomic E-state index is 0.0875. The molecule has 2 fully saturated rings. The molecule has 7 nitrogen and oxygen atoms in total. The summed E-state index contributed by atoms with van der Waals surface area (Å²) in [4.78, 5) is 46.1. The normalized spacial score (nSPS) is 21.8. The second-order valence-corrected chi connectivity index (χ2v) is 16.6. The first kappa shape index (κ1) is 41.0. The third kappa shape index (κ3) is 10.6. The van der Waals surface area contributed by atoms with Crippen LogP contribution in [0.5, 0.6) is 0 Å². The quantitative estimate of drug-likeness (QED) is 0.213. The molecular formula is C44H61N3O4S. The highest BCUT2D eigenvalue weighted by Gasteiger charge is 2.39. The van der Waals surface area contributed by atoms with Gasteiger partial charge in [-0.05, 0) is 96.6 Å². The lowest BCUT2D eigenvalue weighted by molar-refractivity contribution is -0.153. The van der Waals surface area contributed by atoms with Crippen molar-refractivity contribution in [1.29, 1.82) is 0 Å². The van der Waals surface area contributed by atoms with E-state index in [0.29, 0.717) is 10.6 Å². The van der Waals surface area contributed by atoms with Crippen LogP contribution < -0.4 is 5.32 Å². The molecule has 1 aromatic heterocycles. The van der Waals surface area contributed by atoms with Crippen LogP contribution in [-0.4, -0.2) is 53.1 Å². The third-order valence-electron chi connectivity index (χ3n) is 11.1. The average molecular weight is 728 g/mol. The van der Waals surface area contributed by atoms with Crippen LogP contribution in [0.25, 0.3) is 5.70 Å². The van der Waals surface area contributed by atoms with Crippen LogP contribution in [0.2, 0.25) is 0 Å². The van der Waals surface area contributed by atoms with Gasteiger partial charge >= 0.3 is 5.97 Å². The Labute approximate surface area is 316 Å². The van der Waals surface area contributed by atoms with E-state index in [1.807, 2.05) is 50.4 Å². The first-order chi connectivity index (χ1) is 24.9. The molecule has 282 valence electrons. The van der Waals surface area contributed by atoms with E-state index in [1.165, 1.54) is 60.3 Å². The van der Waals surface area contributed by atoms with Crippen molar-refractivity contribution < 1.29 is 19.5 Å². The van der Waals surface area contributed by atoms with Crippen LogP contribution in [0.15, 0.2) is 71.3 Å². The fourth-order valence-corrected chi connectivity index (χ4v) is 8.54. The van der Waals surface area contributed by atoms with Gasteiger partial charge in [0, 0.05) is 30.6 Å². The lowest BCUT2D eigenvalue weighted by atomic mass is 9.70. The van der Waals surface area contributed by atoms with E-state index >= 15 is 0 Å². The largest absolute Gasteiger partial charge is 0.481 e. The van der Waals surface area contributed by atoms with Crippen molar-refractivity contribution >= 4 is 41.0 Å². The van der Waals surface area contributed by atoms with E-state index in [1.54, 1.807) is 6.07 Å². The van der Waals surface area contributed by atoms with Crippen molar-refractivity contribution in [3.63, 3.8) is 0 Å². The lowest BCUT2D eigenvalue weighted by Gasteiger charge is -2.38. The molecule has 0 spiro atoms. The molecule has 2 aromatic rings. The molecule has 2 N–H and O–H groups in total. The van der Waals surface area contributed by atoms with Gasteiger partial charge in [0.15, 0.2) is 0 Å². The number of aliphatic imine (C=N–C) groups is 1. The molecule has 1 aliphatic heterocycles. The number of allylic oxidation sites excluding steroid dienone is 4. The van der Waals surface area contributed by atoms with Crippen LogP contribution in [0.1, 0.15) is 126 Å². The number of benzene rings is 1. The van der Waals surface area contributed by atoms with Crippen LogP contribution in [0.3, 0.4) is 0 Å². The molecule has 0 bridgehead atoms. The molecule has 1 saturated carbocycles. The SMILES string of the molecule is C=C(N=C/C(=C\C)C1=CCC(C2CCC(CC)CC2)CC1)c1ccc(CC(NC(=O)c2ccc(C(C)(C)C)s2)C(=O)N2CC(C(=O)O)C2)cc1.CC. The van der Waals surface area contributed by atoms with E-state index in [9.17, 15) is 19.5 Å². The molecule has 8 heteroatoms. The van der Waals surface area contributed by atoms with E-state index in [-0.39, 0.29) is 36.7 Å². The molecule has 52 heavy (non-hydrogen) atoms. The zero-order valence-corrected chi connectivity index (χ0v) is 33.4. The minimum atomic E-state index is -0.910. The van der Waals surface area contributed by atoms with E-state index < -0.39 is 17.9 Å². The highest BCUT2D eigenvalue weighted by Crippen LogP contribution is 2.41. The molecule has 1 saturated heterocycles. The summed E-state index contributed by atoms with van der Waals surface area (Å²) >= 11 is 1.42. The summed E-state index contributed by atoms with van der Waals surface area (Å²) in [5, 5.41) is 12.3. The molecule has 2 aliphatic carbocycles. The van der Waals surface area contributed by atoms with Gasteiger partial charge < -0.3 is 15.3 Å². The number of hydrogen-bond acceptors (Lipinski definition) is 5. The monoisotopic (exact) mass is 727 g/mol. The molecule has 3 aliphatic rings. The van der Waals surface area contributed by atoms with Crippen LogP contribution >= 0.6 is 11.3 Å². The Morgan fingerprint density at radius 1 is 1.02 bits per heavy atom. The van der Waals surface area contributed by atoms with E-state index in [0.717, 1.165) is 52.2 Å². The molecule has 2 amide bonds. The predicted molar refractivity (Wildman–Crippen MR) is 216 cm³/mol. The number of aliphatic carboxylic acids is 1. The Bertz CT molecular complexity index is 1630. The predicted octanol–water partition coefficient (Wildman–Crippen LogP) is 9.89. The van der Waals surface area contributed by atoms with Crippen molar-refractivity contribution in [2.45, 2.75) is 118 Å². The van der Waals surface area contributed by atoms with Crippen molar-refractivity contribution in [3.05, 3.63) is 87.2 Å². The summed E-state index contributed by atoms with van der Waals surface area (Å²) < 4.78 is 0. The summed E-state index contributed by atoms with van der Waals surface area (Å²) in [6, 6.07) is 10.7. The van der Waals surface area contributed by atoms with Crippen LogP contribution in [0.4, 0.5) is 0 Å². The Hall–Kier alpha value is -3.78. The topological polar surface area (TPSA) is 99.1 Å². The smallest absolute Gasteiger partial charge is 0.310 e. The number of carbonyl (C=O) groups is 3. The molecule has 2 unspecified atom stereocenters. The fourth-order valence-electron chi connectivity index (χ4n) is 7.57. The Morgan fingerprint density at radius 2 is 1.69 bits per heavy atom. The highest BCUT2D eigenvalue weighted by molar-refractivity contribution is 7.14. The van der Waals surface area contributed by atoms with Crippen molar-refractivity contribution in [1.82, 2.24) is 10.2 Å². The number of nitrogens with one attached hydrogen (secondary N) is 1. The summed E-state index contributed by atoms with van der Waals surface area (Å²) in [7, 11) is 0. The van der Waals surface area contributed by atoms with Gasteiger partial charge in [0.05, 0.1) is 16.5 Å². The number of carboxylic acid groups (broad SMARTS) is 1. The standard InChI is InChI=1S/C42H55N3O4S.C2H6/c1-7-28-9-15-33(16-10-28)34-19-17-32(18-20-34)30(8-2)24-43-27(3)31-13-11-29(12-14-31)23-36(40(47)45-25-35(26-45)41(48)49)44-39(46)37-21-22-38(50-37)42(4,5)6;1-2/h8,11-14,17,21-22,24,28,33-36H,3,7,9-10,15-16,18-20,23,25-26H2,1-2,4-6H3,(H,44,46)(H,48,49);1-2H3/b30-8+,43-24?;. The molecule has 2 heterocycles. The van der Waals surface area contributed by atoms with Gasteiger partial charge in [-0.25, -0.2) is 0 Å². The molecular weight excluding hydrogens is 667 g/mol. The molecule has 2 atom stereocenters. The first-order valence-electron chi connectivity index (χ1n) is 19.5. The second-order valence-electron chi connectivity index (χ2n) is 15.5. The highest BCUT2D eigenvalue weighted by atomic mass is 32.1. The van der Waals surface area contributed by atoms with Gasteiger partial charge in [0.25, 0.3) is 5.91 Å². The minimum Gasteiger partial charge on any atom is -0.481 e. The van der Waals surface area contributed by atoms with Crippen molar-refractivity contribution in [2.75, 3.05) is 13.1 Å². The van der Waals surface area contributed by atoms with Gasteiger partial charge in [-0.15, -0.1) is 11.3 Å². The summed E-state index contributed by atoms with van der Waals surface area (Å²) in [5.74, 6) is 0.577. The number of hydrogen-bond donors (Lipinski definition) is 2. The second kappa shape index (κ2) is 18.8. The fraction of sp³-hybridized carbons (Fsp3) is 0.545. The van der Waals surface area contributed by atoms with Gasteiger partial charge in [0.2, 0.25) is 5.91 Å². The number of amides is 2. The Balaban J connectivity index is 0.00000297. The van der Waals surface area contributed by atoms with E-state index in [2.05, 4.69) is 58.7 Å². The number of nitrogens with zero attached hydrogens (tertiary/aromatic N) is 2. The third-order valence-corrected chi connectivity index (χ3v) is 12.6. The van der Waals surface area contributed by atoms with Crippen LogP contribution in [-0.2, 0) is 21.4 Å². The molecule has 0 radical (unpaired) electrons. The Kier molecular flexibility index (Phi) is 14.8. The summed E-state index contributed by atoms with van der Waals surface area (Å²) in [5.41, 5.74) is 4.87. The molecule has 1 aromatic carbocycles. The van der Waals surface area contributed by atoms with Gasteiger partial charge in [-0.1, -0.05) is 104 Å². The van der Waals surface area contributed by atoms with Gasteiger partial charge in [-0.3, -0.25) is 19.4 Å².